The van der Waals surface area contributed by atoms with Gasteiger partial charge in [-0.15, -0.1) is 0 Å². The zero-order valence-corrected chi connectivity index (χ0v) is 11.0. The highest BCUT2D eigenvalue weighted by atomic mass is 19.1. The minimum atomic E-state index is -0.0667. The van der Waals surface area contributed by atoms with Gasteiger partial charge in [-0.3, -0.25) is 0 Å². The maximum absolute atomic E-state index is 13.5. The van der Waals surface area contributed by atoms with Crippen LogP contribution in [0.1, 0.15) is 42.9 Å². The van der Waals surface area contributed by atoms with E-state index in [2.05, 4.69) is 12.2 Å². The first kappa shape index (κ1) is 12.6. The molecule has 1 aliphatic rings. The molecule has 1 aliphatic carbocycles. The van der Waals surface area contributed by atoms with Crippen molar-refractivity contribution >= 4 is 0 Å². The third-order valence-electron chi connectivity index (χ3n) is 3.70. The number of rotatable bonds is 5. The number of hydrogen-bond donors (Lipinski definition) is 1. The first-order valence-electron chi connectivity index (χ1n) is 6.60. The van der Waals surface area contributed by atoms with E-state index in [1.165, 1.54) is 24.8 Å². The van der Waals surface area contributed by atoms with Gasteiger partial charge < -0.3 is 5.32 Å². The molecule has 1 aromatic rings. The number of hydrogen-bond acceptors (Lipinski definition) is 1. The van der Waals surface area contributed by atoms with Crippen LogP contribution in [0, 0.1) is 25.6 Å². The molecule has 0 bridgehead atoms. The maximum Gasteiger partial charge on any atom is 0.129 e. The molecule has 0 spiro atoms. The average Bonchev–Trinajstić information content (AvgIpc) is 3.11. The van der Waals surface area contributed by atoms with E-state index in [9.17, 15) is 4.39 Å². The summed E-state index contributed by atoms with van der Waals surface area (Å²) in [6.45, 7) is 6.77. The lowest BCUT2D eigenvalue weighted by Crippen LogP contribution is -2.29. The summed E-state index contributed by atoms with van der Waals surface area (Å²) in [6.07, 6.45) is 3.92. The van der Waals surface area contributed by atoms with E-state index in [0.717, 1.165) is 23.6 Å². The molecule has 0 heterocycles. The standard InChI is InChI=1S/C15H22FN/c1-4-14(13-5-6-13)17-9-12-7-10(2)15(16)11(3)8-12/h7-8,13-14,17H,4-6,9H2,1-3H3. The fourth-order valence-electron chi connectivity index (χ4n) is 2.53. The highest BCUT2D eigenvalue weighted by Gasteiger charge is 2.29. The molecule has 1 aromatic carbocycles. The van der Waals surface area contributed by atoms with E-state index < -0.39 is 0 Å². The second-order valence-electron chi connectivity index (χ2n) is 5.28. The van der Waals surface area contributed by atoms with Crippen molar-refractivity contribution in [2.75, 3.05) is 0 Å². The quantitative estimate of drug-likeness (QED) is 0.820. The minimum Gasteiger partial charge on any atom is -0.310 e. The summed E-state index contributed by atoms with van der Waals surface area (Å²) < 4.78 is 13.5. The topological polar surface area (TPSA) is 12.0 Å². The highest BCUT2D eigenvalue weighted by molar-refractivity contribution is 5.30. The highest BCUT2D eigenvalue weighted by Crippen LogP contribution is 2.34. The van der Waals surface area contributed by atoms with E-state index in [0.29, 0.717) is 6.04 Å². The zero-order chi connectivity index (χ0) is 12.4. The van der Waals surface area contributed by atoms with Crippen molar-refractivity contribution < 1.29 is 4.39 Å². The van der Waals surface area contributed by atoms with Crippen molar-refractivity contribution in [2.24, 2.45) is 5.92 Å². The summed E-state index contributed by atoms with van der Waals surface area (Å²) in [4.78, 5) is 0. The van der Waals surface area contributed by atoms with Gasteiger partial charge >= 0.3 is 0 Å². The Labute approximate surface area is 103 Å². The SMILES string of the molecule is CCC(NCc1cc(C)c(F)c(C)c1)C1CC1. The van der Waals surface area contributed by atoms with Crippen LogP contribution >= 0.6 is 0 Å². The van der Waals surface area contributed by atoms with E-state index in [1.807, 2.05) is 26.0 Å². The van der Waals surface area contributed by atoms with Gasteiger partial charge in [0, 0.05) is 12.6 Å². The monoisotopic (exact) mass is 235 g/mol. The summed E-state index contributed by atoms with van der Waals surface area (Å²) in [5, 5.41) is 3.60. The molecule has 1 saturated carbocycles. The Bertz CT molecular complexity index is 373. The Kier molecular flexibility index (Phi) is 3.82. The molecule has 1 unspecified atom stereocenters. The molecule has 1 nitrogen and oxygen atoms in total. The molecule has 94 valence electrons. The van der Waals surface area contributed by atoms with Crippen molar-refractivity contribution in [1.82, 2.24) is 5.32 Å². The second-order valence-corrected chi connectivity index (χ2v) is 5.28. The molecular formula is C15H22FN. The predicted octanol–water partition coefficient (Wildman–Crippen LogP) is 3.72. The van der Waals surface area contributed by atoms with E-state index in [-0.39, 0.29) is 5.82 Å². The Balaban J connectivity index is 1.98. The van der Waals surface area contributed by atoms with Gasteiger partial charge in [0.25, 0.3) is 0 Å². The van der Waals surface area contributed by atoms with Crippen molar-refractivity contribution in [3.8, 4) is 0 Å². The summed E-state index contributed by atoms with van der Waals surface area (Å²) in [7, 11) is 0. The van der Waals surface area contributed by atoms with Crippen LogP contribution in [-0.2, 0) is 6.54 Å². The molecule has 0 saturated heterocycles. The molecule has 0 aliphatic heterocycles. The Hall–Kier alpha value is -0.890. The van der Waals surface area contributed by atoms with Gasteiger partial charge in [-0.25, -0.2) is 4.39 Å². The van der Waals surface area contributed by atoms with Gasteiger partial charge in [-0.2, -0.15) is 0 Å². The Morgan fingerprint density at radius 2 is 1.88 bits per heavy atom. The van der Waals surface area contributed by atoms with E-state index in [1.54, 1.807) is 0 Å². The molecule has 1 N–H and O–H groups in total. The van der Waals surface area contributed by atoms with Gasteiger partial charge in [-0.1, -0.05) is 19.1 Å². The lowest BCUT2D eigenvalue weighted by Gasteiger charge is -2.16. The summed E-state index contributed by atoms with van der Waals surface area (Å²) in [6, 6.07) is 4.55. The lowest BCUT2D eigenvalue weighted by molar-refractivity contribution is 0.448. The van der Waals surface area contributed by atoms with Crippen LogP contribution in [0.15, 0.2) is 12.1 Å². The first-order chi connectivity index (χ1) is 8.11. The van der Waals surface area contributed by atoms with E-state index in [4.69, 9.17) is 0 Å². The number of halogens is 1. The molecule has 2 rings (SSSR count). The molecule has 0 radical (unpaired) electrons. The van der Waals surface area contributed by atoms with Gasteiger partial charge in [-0.05, 0) is 55.7 Å². The third kappa shape index (κ3) is 3.06. The maximum atomic E-state index is 13.5. The van der Waals surface area contributed by atoms with E-state index >= 15 is 0 Å². The fraction of sp³-hybridized carbons (Fsp3) is 0.600. The molecule has 1 atom stereocenters. The smallest absolute Gasteiger partial charge is 0.129 e. The normalized spacial score (nSPS) is 17.2. The van der Waals surface area contributed by atoms with Crippen molar-refractivity contribution in [3.05, 3.63) is 34.6 Å². The summed E-state index contributed by atoms with van der Waals surface area (Å²) >= 11 is 0. The molecule has 0 aromatic heterocycles. The predicted molar refractivity (Wildman–Crippen MR) is 69.5 cm³/mol. The number of nitrogens with one attached hydrogen (secondary N) is 1. The van der Waals surface area contributed by atoms with Gasteiger partial charge in [0.15, 0.2) is 0 Å². The van der Waals surface area contributed by atoms with Crippen LogP contribution in [0.2, 0.25) is 0 Å². The molecule has 17 heavy (non-hydrogen) atoms. The lowest BCUT2D eigenvalue weighted by atomic mass is 10.1. The second kappa shape index (κ2) is 5.18. The Morgan fingerprint density at radius 3 is 2.35 bits per heavy atom. The first-order valence-corrected chi connectivity index (χ1v) is 6.60. The average molecular weight is 235 g/mol. The molecule has 0 amide bonds. The number of aryl methyl sites for hydroxylation is 2. The Morgan fingerprint density at radius 1 is 1.29 bits per heavy atom. The van der Waals surface area contributed by atoms with Gasteiger partial charge in [0.2, 0.25) is 0 Å². The minimum absolute atomic E-state index is 0.0667. The van der Waals surface area contributed by atoms with Gasteiger partial charge in [0.05, 0.1) is 0 Å². The molecular weight excluding hydrogens is 213 g/mol. The van der Waals surface area contributed by atoms with Crippen molar-refractivity contribution in [2.45, 2.75) is 52.6 Å². The third-order valence-corrected chi connectivity index (χ3v) is 3.70. The largest absolute Gasteiger partial charge is 0.310 e. The van der Waals surface area contributed by atoms with Crippen LogP contribution in [0.25, 0.3) is 0 Å². The van der Waals surface area contributed by atoms with Gasteiger partial charge in [0.1, 0.15) is 5.82 Å². The van der Waals surface area contributed by atoms with Crippen LogP contribution < -0.4 is 5.32 Å². The van der Waals surface area contributed by atoms with Crippen LogP contribution in [0.4, 0.5) is 4.39 Å². The fourth-order valence-corrected chi connectivity index (χ4v) is 2.53. The summed E-state index contributed by atoms with van der Waals surface area (Å²) in [5.74, 6) is 0.811. The van der Waals surface area contributed by atoms with Crippen LogP contribution in [0.5, 0.6) is 0 Å². The van der Waals surface area contributed by atoms with Crippen LogP contribution in [-0.4, -0.2) is 6.04 Å². The molecule has 1 fully saturated rings. The summed E-state index contributed by atoms with van der Waals surface area (Å²) in [5.41, 5.74) is 2.70. The molecule has 2 heteroatoms. The number of benzene rings is 1. The van der Waals surface area contributed by atoms with Crippen molar-refractivity contribution in [1.29, 1.82) is 0 Å². The van der Waals surface area contributed by atoms with Crippen molar-refractivity contribution in [3.63, 3.8) is 0 Å². The zero-order valence-electron chi connectivity index (χ0n) is 11.0. The van der Waals surface area contributed by atoms with Crippen LogP contribution in [0.3, 0.4) is 0 Å².